The lowest BCUT2D eigenvalue weighted by Crippen LogP contribution is -2.37. The van der Waals surface area contributed by atoms with Gasteiger partial charge in [-0.1, -0.05) is 55.8 Å². The number of nitrogens with one attached hydrogen (secondary N) is 2. The summed E-state index contributed by atoms with van der Waals surface area (Å²) in [5, 5.41) is 14.4. The van der Waals surface area contributed by atoms with Gasteiger partial charge in [0.25, 0.3) is 0 Å². The number of hydrogen-bond acceptors (Lipinski definition) is 3. The zero-order valence-electron chi connectivity index (χ0n) is 17.4. The highest BCUT2D eigenvalue weighted by Gasteiger charge is 2.20. The second-order valence-corrected chi connectivity index (χ2v) is 7.37. The zero-order chi connectivity index (χ0) is 21.8. The Morgan fingerprint density at radius 1 is 0.900 bits per heavy atom. The van der Waals surface area contributed by atoms with Gasteiger partial charge in [-0.2, -0.15) is 0 Å². The predicted octanol–water partition coefficient (Wildman–Crippen LogP) is 3.81. The normalized spacial score (nSPS) is 11.5. The molecule has 0 fully saturated rings. The number of aliphatic carboxylic acids is 1. The van der Waals surface area contributed by atoms with E-state index in [1.807, 2.05) is 18.2 Å². The third kappa shape index (κ3) is 8.47. The van der Waals surface area contributed by atoms with Gasteiger partial charge in [-0.3, -0.25) is 14.4 Å². The molecule has 30 heavy (non-hydrogen) atoms. The fourth-order valence-corrected chi connectivity index (χ4v) is 3.24. The first-order valence-corrected chi connectivity index (χ1v) is 10.4. The smallest absolute Gasteiger partial charge is 0.303 e. The van der Waals surface area contributed by atoms with Gasteiger partial charge in [0.05, 0.1) is 6.54 Å². The van der Waals surface area contributed by atoms with Crippen LogP contribution in [-0.2, 0) is 27.2 Å². The molecular formula is C24H30N2O4. The predicted molar refractivity (Wildman–Crippen MR) is 117 cm³/mol. The lowest BCUT2D eigenvalue weighted by molar-refractivity contribution is -0.137. The average molecular weight is 411 g/mol. The van der Waals surface area contributed by atoms with Gasteiger partial charge in [0.2, 0.25) is 11.8 Å². The number of anilines is 1. The summed E-state index contributed by atoms with van der Waals surface area (Å²) in [6.07, 6.45) is 3.51. The Kier molecular flexibility index (Phi) is 9.58. The van der Waals surface area contributed by atoms with E-state index in [0.717, 1.165) is 18.4 Å². The summed E-state index contributed by atoms with van der Waals surface area (Å²) in [6, 6.07) is 17.3. The largest absolute Gasteiger partial charge is 0.481 e. The first-order valence-electron chi connectivity index (χ1n) is 10.4. The Bertz CT molecular complexity index is 819. The van der Waals surface area contributed by atoms with Crippen LogP contribution in [0.25, 0.3) is 0 Å². The maximum atomic E-state index is 12.6. The van der Waals surface area contributed by atoms with Crippen molar-refractivity contribution in [2.75, 3.05) is 11.9 Å². The van der Waals surface area contributed by atoms with Gasteiger partial charge in [-0.25, -0.2) is 0 Å². The maximum Gasteiger partial charge on any atom is 0.303 e. The number of carboxylic acids is 1. The van der Waals surface area contributed by atoms with E-state index in [1.165, 1.54) is 5.56 Å². The second kappa shape index (κ2) is 12.4. The number of benzene rings is 2. The van der Waals surface area contributed by atoms with Crippen LogP contribution >= 0.6 is 0 Å². The van der Waals surface area contributed by atoms with Crippen LogP contribution in [0.1, 0.15) is 43.7 Å². The summed E-state index contributed by atoms with van der Waals surface area (Å²) in [5.74, 6) is -2.00. The third-order valence-electron chi connectivity index (χ3n) is 4.90. The molecule has 6 nitrogen and oxygen atoms in total. The van der Waals surface area contributed by atoms with E-state index >= 15 is 0 Å². The number of hydrogen-bond donors (Lipinski definition) is 3. The van der Waals surface area contributed by atoms with Crippen LogP contribution in [0.2, 0.25) is 0 Å². The fourth-order valence-electron chi connectivity index (χ4n) is 3.24. The van der Waals surface area contributed by atoms with Crippen molar-refractivity contribution < 1.29 is 19.5 Å². The molecule has 0 heterocycles. The minimum absolute atomic E-state index is 0.0796. The first-order chi connectivity index (χ1) is 14.5. The summed E-state index contributed by atoms with van der Waals surface area (Å²) in [7, 11) is 0. The summed E-state index contributed by atoms with van der Waals surface area (Å²) in [5.41, 5.74) is 3.06. The molecule has 2 aromatic rings. The quantitative estimate of drug-likeness (QED) is 0.496. The topological polar surface area (TPSA) is 95.5 Å². The van der Waals surface area contributed by atoms with Gasteiger partial charge in [0.15, 0.2) is 0 Å². The molecule has 2 amide bonds. The number of para-hydroxylation sites is 1. The van der Waals surface area contributed by atoms with Crippen molar-refractivity contribution >= 4 is 23.5 Å². The molecule has 0 saturated heterocycles. The van der Waals surface area contributed by atoms with E-state index in [9.17, 15) is 14.4 Å². The lowest BCUT2D eigenvalue weighted by atomic mass is 9.93. The Morgan fingerprint density at radius 3 is 2.13 bits per heavy atom. The molecule has 0 aliphatic carbocycles. The molecule has 160 valence electrons. The molecule has 2 aromatic carbocycles. The van der Waals surface area contributed by atoms with Gasteiger partial charge in [-0.15, -0.1) is 0 Å². The lowest BCUT2D eigenvalue weighted by Gasteiger charge is -2.16. The van der Waals surface area contributed by atoms with Gasteiger partial charge in [-0.05, 0) is 48.9 Å². The maximum absolute atomic E-state index is 12.6. The summed E-state index contributed by atoms with van der Waals surface area (Å²) < 4.78 is 0. The molecule has 0 aliphatic rings. The van der Waals surface area contributed by atoms with Crippen molar-refractivity contribution in [2.24, 2.45) is 5.92 Å². The second-order valence-electron chi connectivity index (χ2n) is 7.37. The molecule has 0 saturated carbocycles. The number of carboxylic acid groups (broad SMARTS) is 1. The summed E-state index contributed by atoms with van der Waals surface area (Å²) >= 11 is 0. The molecule has 0 aliphatic heterocycles. The van der Waals surface area contributed by atoms with Crippen LogP contribution in [0, 0.1) is 5.92 Å². The van der Waals surface area contributed by atoms with Gasteiger partial charge in [0, 0.05) is 18.0 Å². The molecule has 0 radical (unpaired) electrons. The van der Waals surface area contributed by atoms with Crippen LogP contribution in [-0.4, -0.2) is 29.4 Å². The SMILES string of the molecule is CCCc1ccc(CC[C@H](CCC(=O)O)C(=O)NCC(=O)Nc2ccccc2)cc1. The van der Waals surface area contributed by atoms with Crippen molar-refractivity contribution in [1.82, 2.24) is 5.32 Å². The summed E-state index contributed by atoms with van der Waals surface area (Å²) in [6.45, 7) is 1.99. The molecule has 0 unspecified atom stereocenters. The van der Waals surface area contributed by atoms with Gasteiger partial charge >= 0.3 is 5.97 Å². The van der Waals surface area contributed by atoms with Crippen molar-refractivity contribution in [3.8, 4) is 0 Å². The summed E-state index contributed by atoms with van der Waals surface area (Å²) in [4.78, 5) is 35.6. The molecule has 1 atom stereocenters. The van der Waals surface area contributed by atoms with Crippen LogP contribution in [0.5, 0.6) is 0 Å². The first kappa shape index (κ1) is 23.1. The molecule has 0 aromatic heterocycles. The highest BCUT2D eigenvalue weighted by molar-refractivity contribution is 5.94. The van der Waals surface area contributed by atoms with Crippen molar-refractivity contribution in [2.45, 2.75) is 45.4 Å². The van der Waals surface area contributed by atoms with Crippen LogP contribution < -0.4 is 10.6 Å². The Hall–Kier alpha value is -3.15. The van der Waals surface area contributed by atoms with Gasteiger partial charge < -0.3 is 15.7 Å². The standard InChI is InChI=1S/C24H30N2O4/c1-2-6-18-9-11-19(12-10-18)13-14-20(15-16-23(28)29)24(30)25-17-22(27)26-21-7-4-3-5-8-21/h3-5,7-12,20H,2,6,13-17H2,1H3,(H,25,30)(H,26,27)(H,28,29)/t20-/m1/s1. The highest BCUT2D eigenvalue weighted by atomic mass is 16.4. The number of aryl methyl sites for hydroxylation is 2. The van der Waals surface area contributed by atoms with Crippen molar-refractivity contribution in [1.29, 1.82) is 0 Å². The van der Waals surface area contributed by atoms with E-state index in [-0.39, 0.29) is 31.2 Å². The fraction of sp³-hybridized carbons (Fsp3) is 0.375. The minimum Gasteiger partial charge on any atom is -0.481 e. The Labute approximate surface area is 177 Å². The average Bonchev–Trinajstić information content (AvgIpc) is 2.74. The molecule has 0 bridgehead atoms. The van der Waals surface area contributed by atoms with Crippen molar-refractivity contribution in [3.05, 3.63) is 65.7 Å². The Balaban J connectivity index is 1.87. The third-order valence-corrected chi connectivity index (χ3v) is 4.90. The molecule has 0 spiro atoms. The van der Waals surface area contributed by atoms with E-state index < -0.39 is 11.9 Å². The van der Waals surface area contributed by atoms with Crippen molar-refractivity contribution in [3.63, 3.8) is 0 Å². The Morgan fingerprint density at radius 2 is 1.53 bits per heavy atom. The monoisotopic (exact) mass is 410 g/mol. The number of carbonyl (C=O) groups excluding carboxylic acids is 2. The van der Waals surface area contributed by atoms with Gasteiger partial charge in [0.1, 0.15) is 0 Å². The van der Waals surface area contributed by atoms with E-state index in [2.05, 4.69) is 41.8 Å². The van der Waals surface area contributed by atoms with Crippen LogP contribution in [0.3, 0.4) is 0 Å². The van der Waals surface area contributed by atoms with E-state index in [4.69, 9.17) is 5.11 Å². The molecular weight excluding hydrogens is 380 g/mol. The molecule has 2 rings (SSSR count). The molecule has 6 heteroatoms. The minimum atomic E-state index is -0.932. The van der Waals surface area contributed by atoms with E-state index in [0.29, 0.717) is 18.5 Å². The zero-order valence-corrected chi connectivity index (χ0v) is 17.4. The number of rotatable bonds is 12. The van der Waals surface area contributed by atoms with Crippen LogP contribution in [0.4, 0.5) is 5.69 Å². The highest BCUT2D eigenvalue weighted by Crippen LogP contribution is 2.17. The molecule has 3 N–H and O–H groups in total. The van der Waals surface area contributed by atoms with Crippen LogP contribution in [0.15, 0.2) is 54.6 Å². The van der Waals surface area contributed by atoms with E-state index in [1.54, 1.807) is 12.1 Å². The number of carbonyl (C=O) groups is 3. The number of amides is 2.